The second kappa shape index (κ2) is 10.4. The number of amides is 1. The predicted octanol–water partition coefficient (Wildman–Crippen LogP) is 5.44. The first-order valence-corrected chi connectivity index (χ1v) is 12.5. The number of aromatic nitrogens is 1. The molecule has 35 heavy (non-hydrogen) atoms. The Bertz CT molecular complexity index is 1270. The van der Waals surface area contributed by atoms with Crippen molar-refractivity contribution in [3.05, 3.63) is 70.8 Å². The largest absolute Gasteiger partial charge is 0.493 e. The molecule has 0 fully saturated rings. The van der Waals surface area contributed by atoms with E-state index < -0.39 is 0 Å². The predicted molar refractivity (Wildman–Crippen MR) is 140 cm³/mol. The summed E-state index contributed by atoms with van der Waals surface area (Å²) in [7, 11) is 3.32. The molecular formula is C29H33N3O3. The number of ether oxygens (including phenoxy) is 2. The Morgan fingerprint density at radius 1 is 1.03 bits per heavy atom. The quantitative estimate of drug-likeness (QED) is 0.465. The molecule has 1 aliphatic heterocycles. The summed E-state index contributed by atoms with van der Waals surface area (Å²) in [6.07, 6.45) is 9.01. The molecule has 3 aromatic rings. The minimum atomic E-state index is -0.0370. The van der Waals surface area contributed by atoms with Crippen LogP contribution in [0.1, 0.15) is 53.6 Å². The minimum Gasteiger partial charge on any atom is -0.493 e. The minimum absolute atomic E-state index is 0.0370. The second-order valence-corrected chi connectivity index (χ2v) is 9.31. The van der Waals surface area contributed by atoms with E-state index in [2.05, 4.69) is 28.4 Å². The van der Waals surface area contributed by atoms with Crippen LogP contribution in [0.2, 0.25) is 0 Å². The third kappa shape index (κ3) is 4.97. The molecule has 182 valence electrons. The van der Waals surface area contributed by atoms with Crippen molar-refractivity contribution < 1.29 is 14.3 Å². The van der Waals surface area contributed by atoms with E-state index in [1.54, 1.807) is 14.2 Å². The summed E-state index contributed by atoms with van der Waals surface area (Å²) in [6.45, 7) is 2.19. The Kier molecular flexibility index (Phi) is 6.89. The van der Waals surface area contributed by atoms with Crippen LogP contribution in [0.15, 0.2) is 54.1 Å². The number of fused-ring (bicyclic) bond motifs is 2. The first-order valence-electron chi connectivity index (χ1n) is 12.5. The fourth-order valence-electron chi connectivity index (χ4n) is 5.15. The zero-order valence-electron chi connectivity index (χ0n) is 20.6. The molecule has 1 amide bonds. The van der Waals surface area contributed by atoms with Crippen LogP contribution in [0.5, 0.6) is 11.5 Å². The van der Waals surface area contributed by atoms with Gasteiger partial charge in [-0.2, -0.15) is 0 Å². The van der Waals surface area contributed by atoms with Gasteiger partial charge in [-0.05, 0) is 73.9 Å². The summed E-state index contributed by atoms with van der Waals surface area (Å²) in [5.74, 6) is 2.27. The van der Waals surface area contributed by atoms with Crippen molar-refractivity contribution in [3.63, 3.8) is 0 Å². The maximum absolute atomic E-state index is 13.3. The average Bonchev–Trinajstić information content (AvgIpc) is 2.91. The lowest BCUT2D eigenvalue weighted by molar-refractivity contribution is 0.0955. The smallest absolute Gasteiger partial charge is 0.252 e. The lowest BCUT2D eigenvalue weighted by Crippen LogP contribution is -2.32. The molecule has 0 spiro atoms. The molecule has 1 aromatic heterocycles. The van der Waals surface area contributed by atoms with Crippen LogP contribution in [-0.4, -0.2) is 38.2 Å². The molecule has 1 N–H and O–H groups in total. The third-order valence-corrected chi connectivity index (χ3v) is 7.11. The maximum Gasteiger partial charge on any atom is 0.252 e. The molecule has 6 heteroatoms. The summed E-state index contributed by atoms with van der Waals surface area (Å²) in [4.78, 5) is 20.4. The van der Waals surface area contributed by atoms with Crippen LogP contribution in [0, 0.1) is 0 Å². The SMILES string of the molecule is COc1cc2c(cc1OC)CN(c1cc(C(=O)NCCC3=CCCCC3)c3ccccc3n1)CC2. The van der Waals surface area contributed by atoms with Crippen LogP contribution in [0.4, 0.5) is 5.82 Å². The molecule has 0 atom stereocenters. The van der Waals surface area contributed by atoms with E-state index in [1.165, 1.54) is 36.0 Å². The van der Waals surface area contributed by atoms with Crippen molar-refractivity contribution in [1.29, 1.82) is 0 Å². The van der Waals surface area contributed by atoms with Crippen molar-refractivity contribution in [2.75, 3.05) is 32.2 Å². The van der Waals surface area contributed by atoms with Crippen molar-refractivity contribution in [3.8, 4) is 11.5 Å². The van der Waals surface area contributed by atoms with Crippen LogP contribution in [0.25, 0.3) is 10.9 Å². The molecule has 2 heterocycles. The summed E-state index contributed by atoms with van der Waals surface area (Å²) in [5.41, 5.74) is 5.44. The van der Waals surface area contributed by atoms with Crippen molar-refractivity contribution in [2.24, 2.45) is 0 Å². The Balaban J connectivity index is 1.39. The fourth-order valence-corrected chi connectivity index (χ4v) is 5.15. The number of para-hydroxylation sites is 1. The fraction of sp³-hybridized carbons (Fsp3) is 0.379. The summed E-state index contributed by atoms with van der Waals surface area (Å²) >= 11 is 0. The summed E-state index contributed by atoms with van der Waals surface area (Å²) < 4.78 is 11.0. The van der Waals surface area contributed by atoms with Gasteiger partial charge in [0.25, 0.3) is 5.91 Å². The van der Waals surface area contributed by atoms with Gasteiger partial charge in [-0.3, -0.25) is 4.79 Å². The van der Waals surface area contributed by atoms with Crippen LogP contribution in [-0.2, 0) is 13.0 Å². The zero-order chi connectivity index (χ0) is 24.2. The number of nitrogens with zero attached hydrogens (tertiary/aromatic N) is 2. The lowest BCUT2D eigenvalue weighted by atomic mass is 9.97. The zero-order valence-corrected chi connectivity index (χ0v) is 20.6. The molecule has 0 radical (unpaired) electrons. The highest BCUT2D eigenvalue weighted by molar-refractivity contribution is 6.07. The molecule has 1 aliphatic carbocycles. The molecule has 0 unspecified atom stereocenters. The monoisotopic (exact) mass is 471 g/mol. The van der Waals surface area contributed by atoms with Gasteiger partial charge in [0.05, 0.1) is 25.3 Å². The Labute approximate surface area is 206 Å². The highest BCUT2D eigenvalue weighted by Gasteiger charge is 2.22. The van der Waals surface area contributed by atoms with E-state index in [1.807, 2.05) is 30.3 Å². The Morgan fingerprint density at radius 3 is 2.60 bits per heavy atom. The molecule has 0 saturated heterocycles. The average molecular weight is 472 g/mol. The van der Waals surface area contributed by atoms with Gasteiger partial charge in [0.15, 0.2) is 11.5 Å². The van der Waals surface area contributed by atoms with E-state index >= 15 is 0 Å². The molecule has 6 nitrogen and oxygen atoms in total. The number of rotatable bonds is 7. The van der Waals surface area contributed by atoms with Gasteiger partial charge in [-0.1, -0.05) is 29.8 Å². The number of allylic oxidation sites excluding steroid dienone is 1. The van der Waals surface area contributed by atoms with Gasteiger partial charge in [0.2, 0.25) is 0 Å². The lowest BCUT2D eigenvalue weighted by Gasteiger charge is -2.31. The number of pyridine rings is 1. The van der Waals surface area contributed by atoms with Gasteiger partial charge in [-0.25, -0.2) is 4.98 Å². The van der Waals surface area contributed by atoms with Crippen LogP contribution in [0.3, 0.4) is 0 Å². The molecule has 0 saturated carbocycles. The Hall–Kier alpha value is -3.54. The third-order valence-electron chi connectivity index (χ3n) is 7.11. The Morgan fingerprint density at radius 2 is 1.83 bits per heavy atom. The van der Waals surface area contributed by atoms with Gasteiger partial charge >= 0.3 is 0 Å². The van der Waals surface area contributed by atoms with Crippen molar-refractivity contribution >= 4 is 22.6 Å². The normalized spacial score (nSPS) is 15.4. The van der Waals surface area contributed by atoms with E-state index in [4.69, 9.17) is 14.5 Å². The van der Waals surface area contributed by atoms with Crippen LogP contribution >= 0.6 is 0 Å². The van der Waals surface area contributed by atoms with Gasteiger partial charge in [0, 0.05) is 25.0 Å². The van der Waals surface area contributed by atoms with E-state index in [-0.39, 0.29) is 5.91 Å². The number of hydrogen-bond acceptors (Lipinski definition) is 5. The summed E-state index contributed by atoms with van der Waals surface area (Å²) in [5, 5.41) is 4.04. The molecular weight excluding hydrogens is 438 g/mol. The maximum atomic E-state index is 13.3. The summed E-state index contributed by atoms with van der Waals surface area (Å²) in [6, 6.07) is 14.0. The number of carbonyl (C=O) groups excluding carboxylic acids is 1. The first-order chi connectivity index (χ1) is 17.2. The topological polar surface area (TPSA) is 63.7 Å². The van der Waals surface area contributed by atoms with Gasteiger partial charge in [-0.15, -0.1) is 0 Å². The van der Waals surface area contributed by atoms with Crippen LogP contribution < -0.4 is 19.7 Å². The van der Waals surface area contributed by atoms with E-state index in [0.717, 1.165) is 54.0 Å². The van der Waals surface area contributed by atoms with Gasteiger partial charge in [0.1, 0.15) is 5.82 Å². The van der Waals surface area contributed by atoms with E-state index in [0.29, 0.717) is 18.7 Å². The number of hydrogen-bond donors (Lipinski definition) is 1. The highest BCUT2D eigenvalue weighted by atomic mass is 16.5. The second-order valence-electron chi connectivity index (χ2n) is 9.31. The molecule has 2 aliphatic rings. The standard InChI is InChI=1S/C29H33N3O3/c1-34-26-16-21-13-15-32(19-22(21)17-27(26)35-2)28-18-24(23-10-6-7-11-25(23)31-28)29(33)30-14-12-20-8-4-3-5-9-20/h6-8,10-11,16-18H,3-5,9,12-15,19H2,1-2H3,(H,30,33). The van der Waals surface area contributed by atoms with E-state index in [9.17, 15) is 4.79 Å². The molecule has 5 rings (SSSR count). The number of anilines is 1. The van der Waals surface area contributed by atoms with Crippen molar-refractivity contribution in [2.45, 2.75) is 45.1 Å². The van der Waals surface area contributed by atoms with Crippen molar-refractivity contribution in [1.82, 2.24) is 10.3 Å². The molecule has 2 aromatic carbocycles. The highest BCUT2D eigenvalue weighted by Crippen LogP contribution is 2.35. The number of nitrogens with one attached hydrogen (secondary N) is 1. The number of methoxy groups -OCH3 is 2. The molecule has 0 bridgehead atoms. The first kappa shape index (κ1) is 23.2. The van der Waals surface area contributed by atoms with Gasteiger partial charge < -0.3 is 19.7 Å². The number of benzene rings is 2. The number of carbonyl (C=O) groups is 1.